The number of rotatable bonds is 1. The van der Waals surface area contributed by atoms with Gasteiger partial charge in [0.05, 0.1) is 6.04 Å². The normalized spacial score (nSPS) is 21.7. The lowest BCUT2D eigenvalue weighted by Crippen LogP contribution is -2.42. The van der Waals surface area contributed by atoms with E-state index in [0.717, 1.165) is 25.9 Å². The molecule has 1 atom stereocenters. The number of nitrogens with zero attached hydrogens (tertiary/aromatic N) is 1. The molecule has 1 aliphatic rings. The number of likely N-dealkylation sites (tertiary alicyclic amines) is 1. The van der Waals surface area contributed by atoms with E-state index in [1.807, 2.05) is 4.90 Å². The first-order valence-electron chi connectivity index (χ1n) is 4.76. The molecule has 1 fully saturated rings. The van der Waals surface area contributed by atoms with Gasteiger partial charge < -0.3 is 10.6 Å². The first kappa shape index (κ1) is 9.52. The van der Waals surface area contributed by atoms with E-state index < -0.39 is 0 Å². The lowest BCUT2D eigenvalue weighted by molar-refractivity contribution is -0.132. The molecule has 0 aliphatic carbocycles. The molecule has 1 aliphatic heterocycles. The van der Waals surface area contributed by atoms with Crippen molar-refractivity contribution in [1.29, 1.82) is 0 Å². The maximum Gasteiger partial charge on any atom is 0.239 e. The maximum absolute atomic E-state index is 11.5. The van der Waals surface area contributed by atoms with Crippen molar-refractivity contribution >= 4 is 5.91 Å². The van der Waals surface area contributed by atoms with Crippen molar-refractivity contribution in [2.24, 2.45) is 5.73 Å². The first-order chi connectivity index (χ1) is 5.72. The predicted octanol–water partition coefficient (Wildman–Crippen LogP) is 0.736. The van der Waals surface area contributed by atoms with E-state index >= 15 is 0 Å². The van der Waals surface area contributed by atoms with Gasteiger partial charge in [0.25, 0.3) is 0 Å². The van der Waals surface area contributed by atoms with Gasteiger partial charge >= 0.3 is 0 Å². The summed E-state index contributed by atoms with van der Waals surface area (Å²) < 4.78 is 0. The fraction of sp³-hybridized carbons (Fsp3) is 0.889. The van der Waals surface area contributed by atoms with Gasteiger partial charge in [0, 0.05) is 13.1 Å². The zero-order chi connectivity index (χ0) is 8.97. The molecule has 0 aromatic heterocycles. The van der Waals surface area contributed by atoms with E-state index in [9.17, 15) is 4.79 Å². The van der Waals surface area contributed by atoms with Gasteiger partial charge in [-0.2, -0.15) is 0 Å². The van der Waals surface area contributed by atoms with Crippen molar-refractivity contribution in [2.45, 2.75) is 38.6 Å². The fourth-order valence-corrected chi connectivity index (χ4v) is 1.58. The van der Waals surface area contributed by atoms with Crippen molar-refractivity contribution in [3.63, 3.8) is 0 Å². The zero-order valence-corrected chi connectivity index (χ0v) is 7.75. The molecule has 0 bridgehead atoms. The van der Waals surface area contributed by atoms with Gasteiger partial charge in [-0.25, -0.2) is 0 Å². The first-order valence-corrected chi connectivity index (χ1v) is 4.76. The Balaban J connectivity index is 2.43. The summed E-state index contributed by atoms with van der Waals surface area (Å²) in [5.74, 6) is 0.108. The van der Waals surface area contributed by atoms with Crippen LogP contribution in [-0.2, 0) is 4.79 Å². The molecule has 0 aromatic rings. The Morgan fingerprint density at radius 3 is 2.17 bits per heavy atom. The second-order valence-corrected chi connectivity index (χ2v) is 3.53. The van der Waals surface area contributed by atoms with E-state index in [-0.39, 0.29) is 11.9 Å². The van der Waals surface area contributed by atoms with Crippen LogP contribution in [0.4, 0.5) is 0 Å². The summed E-state index contributed by atoms with van der Waals surface area (Å²) in [6.45, 7) is 3.56. The number of carbonyl (C=O) groups excluding carboxylic acids is 1. The number of hydrogen-bond donors (Lipinski definition) is 1. The van der Waals surface area contributed by atoms with Crippen LogP contribution in [0.25, 0.3) is 0 Å². The number of carbonyl (C=O) groups is 1. The Bertz CT molecular complexity index is 149. The highest BCUT2D eigenvalue weighted by atomic mass is 16.2. The summed E-state index contributed by atoms with van der Waals surface area (Å²) >= 11 is 0. The molecular formula is C9H18N2O. The Labute approximate surface area is 73.9 Å². The molecule has 1 amide bonds. The fourth-order valence-electron chi connectivity index (χ4n) is 1.58. The van der Waals surface area contributed by atoms with Crippen molar-refractivity contribution in [3.8, 4) is 0 Å². The molecule has 3 nitrogen and oxygen atoms in total. The molecule has 0 radical (unpaired) electrons. The number of nitrogens with two attached hydrogens (primary N) is 1. The molecule has 70 valence electrons. The molecule has 0 spiro atoms. The Morgan fingerprint density at radius 2 is 1.75 bits per heavy atom. The highest BCUT2D eigenvalue weighted by Gasteiger charge is 2.17. The smallest absolute Gasteiger partial charge is 0.239 e. The minimum Gasteiger partial charge on any atom is -0.341 e. The average Bonchev–Trinajstić information content (AvgIpc) is 2.30. The second-order valence-electron chi connectivity index (χ2n) is 3.53. The third-order valence-electron chi connectivity index (χ3n) is 2.31. The van der Waals surface area contributed by atoms with E-state index in [1.54, 1.807) is 6.92 Å². The van der Waals surface area contributed by atoms with Crippen LogP contribution in [0.15, 0.2) is 0 Å². The minimum atomic E-state index is -0.330. The minimum absolute atomic E-state index is 0.108. The molecule has 1 heterocycles. The third kappa shape index (κ3) is 2.48. The van der Waals surface area contributed by atoms with E-state index in [2.05, 4.69) is 0 Å². The van der Waals surface area contributed by atoms with Crippen molar-refractivity contribution in [2.75, 3.05) is 13.1 Å². The van der Waals surface area contributed by atoms with Gasteiger partial charge in [0.1, 0.15) is 0 Å². The molecule has 1 saturated heterocycles. The van der Waals surface area contributed by atoms with Gasteiger partial charge in [0.15, 0.2) is 0 Å². The molecule has 1 rings (SSSR count). The van der Waals surface area contributed by atoms with Gasteiger partial charge in [-0.1, -0.05) is 12.8 Å². The molecular weight excluding hydrogens is 152 g/mol. The number of hydrogen-bond acceptors (Lipinski definition) is 2. The summed E-state index contributed by atoms with van der Waals surface area (Å²) in [5, 5.41) is 0. The largest absolute Gasteiger partial charge is 0.341 e. The quantitative estimate of drug-likeness (QED) is 0.630. The summed E-state index contributed by atoms with van der Waals surface area (Å²) in [7, 11) is 0. The van der Waals surface area contributed by atoms with Crippen LogP contribution < -0.4 is 5.73 Å². The van der Waals surface area contributed by atoms with Crippen molar-refractivity contribution < 1.29 is 4.79 Å². The Hall–Kier alpha value is -0.570. The van der Waals surface area contributed by atoms with E-state index in [1.165, 1.54) is 12.8 Å². The van der Waals surface area contributed by atoms with Crippen molar-refractivity contribution in [3.05, 3.63) is 0 Å². The molecule has 1 unspecified atom stereocenters. The standard InChI is InChI=1S/C9H18N2O/c1-8(10)9(12)11-6-4-2-3-5-7-11/h8H,2-7,10H2,1H3. The maximum atomic E-state index is 11.5. The number of amides is 1. The summed E-state index contributed by atoms with van der Waals surface area (Å²) in [6, 6.07) is -0.330. The van der Waals surface area contributed by atoms with Crippen LogP contribution in [0.3, 0.4) is 0 Å². The molecule has 12 heavy (non-hydrogen) atoms. The second kappa shape index (κ2) is 4.45. The Morgan fingerprint density at radius 1 is 1.25 bits per heavy atom. The van der Waals surface area contributed by atoms with Crippen LogP contribution in [-0.4, -0.2) is 29.9 Å². The van der Waals surface area contributed by atoms with Crippen LogP contribution in [0.2, 0.25) is 0 Å². The third-order valence-corrected chi connectivity index (χ3v) is 2.31. The monoisotopic (exact) mass is 170 g/mol. The van der Waals surface area contributed by atoms with Crippen molar-refractivity contribution in [1.82, 2.24) is 4.90 Å². The van der Waals surface area contributed by atoms with E-state index in [0.29, 0.717) is 0 Å². The average molecular weight is 170 g/mol. The topological polar surface area (TPSA) is 46.3 Å². The van der Waals surface area contributed by atoms with E-state index in [4.69, 9.17) is 5.73 Å². The van der Waals surface area contributed by atoms with Crippen LogP contribution in [0.1, 0.15) is 32.6 Å². The molecule has 0 saturated carbocycles. The van der Waals surface area contributed by atoms with Gasteiger partial charge in [-0.3, -0.25) is 4.79 Å². The van der Waals surface area contributed by atoms with Crippen LogP contribution in [0, 0.1) is 0 Å². The molecule has 0 aromatic carbocycles. The SMILES string of the molecule is CC(N)C(=O)N1CCCCCC1. The van der Waals surface area contributed by atoms with Crippen LogP contribution in [0.5, 0.6) is 0 Å². The lowest BCUT2D eigenvalue weighted by atomic mass is 10.2. The summed E-state index contributed by atoms with van der Waals surface area (Å²) in [4.78, 5) is 13.4. The van der Waals surface area contributed by atoms with Gasteiger partial charge in [0.2, 0.25) is 5.91 Å². The van der Waals surface area contributed by atoms with Gasteiger partial charge in [-0.05, 0) is 19.8 Å². The summed E-state index contributed by atoms with van der Waals surface area (Å²) in [5.41, 5.74) is 5.53. The Kier molecular flexibility index (Phi) is 3.53. The zero-order valence-electron chi connectivity index (χ0n) is 7.75. The molecule has 2 N–H and O–H groups in total. The lowest BCUT2D eigenvalue weighted by Gasteiger charge is -2.21. The highest BCUT2D eigenvalue weighted by Crippen LogP contribution is 2.10. The highest BCUT2D eigenvalue weighted by molar-refractivity contribution is 5.81. The predicted molar refractivity (Wildman–Crippen MR) is 48.7 cm³/mol. The molecule has 3 heteroatoms. The van der Waals surface area contributed by atoms with Gasteiger partial charge in [-0.15, -0.1) is 0 Å². The van der Waals surface area contributed by atoms with Crippen LogP contribution >= 0.6 is 0 Å². The summed E-state index contributed by atoms with van der Waals surface area (Å²) in [6.07, 6.45) is 4.78.